The van der Waals surface area contributed by atoms with Gasteiger partial charge in [0.1, 0.15) is 11.9 Å². The molecule has 0 amide bonds. The predicted molar refractivity (Wildman–Crippen MR) is 119 cm³/mol. The van der Waals surface area contributed by atoms with Crippen LogP contribution in [0.1, 0.15) is 40.2 Å². The molecule has 0 fully saturated rings. The molecule has 28 heavy (non-hydrogen) atoms. The summed E-state index contributed by atoms with van der Waals surface area (Å²) in [6.45, 7) is 10.2. The summed E-state index contributed by atoms with van der Waals surface area (Å²) < 4.78 is 0.877. The van der Waals surface area contributed by atoms with Crippen LogP contribution in [-0.4, -0.2) is 27.2 Å². The summed E-state index contributed by atoms with van der Waals surface area (Å²) in [5, 5.41) is 15.2. The Bertz CT molecular complexity index is 1160. The molecule has 0 aliphatic carbocycles. The number of aliphatic hydroxyl groups is 1. The van der Waals surface area contributed by atoms with Crippen molar-refractivity contribution in [3.63, 3.8) is 0 Å². The second-order valence-electron chi connectivity index (χ2n) is 8.08. The van der Waals surface area contributed by atoms with E-state index in [0.717, 1.165) is 15.2 Å². The van der Waals surface area contributed by atoms with Gasteiger partial charge >= 0.3 is 0 Å². The van der Waals surface area contributed by atoms with Crippen LogP contribution < -0.4 is 10.9 Å². The number of hydrogen-bond acceptors (Lipinski definition) is 4. The number of aliphatic hydroxyl groups excluding tert-OH is 1. The predicted octanol–water partition coefficient (Wildman–Crippen LogP) is 4.42. The number of nitrogens with one attached hydrogen (secondary N) is 2. The summed E-state index contributed by atoms with van der Waals surface area (Å²) in [5.74, 6) is 6.37. The molecule has 3 rings (SSSR count). The lowest BCUT2D eigenvalue weighted by atomic mass is 9.88. The van der Waals surface area contributed by atoms with Crippen molar-refractivity contribution >= 4 is 43.4 Å². The van der Waals surface area contributed by atoms with Crippen molar-refractivity contribution in [1.82, 2.24) is 9.97 Å². The molecule has 0 saturated heterocycles. The Labute approximate surface area is 172 Å². The van der Waals surface area contributed by atoms with Crippen LogP contribution in [0.3, 0.4) is 0 Å². The van der Waals surface area contributed by atoms with E-state index >= 15 is 0 Å². The fraction of sp³-hybridized carbons (Fsp3) is 0.364. The minimum Gasteiger partial charge on any atom is -0.381 e. The Balaban J connectivity index is 2.38. The van der Waals surface area contributed by atoms with Gasteiger partial charge < -0.3 is 15.4 Å². The standard InChI is InChI=1S/C22H24BrN3O2/c1-12(27)6-7-14-11-24-21(28)18-17-10-15(23)8-9-16(17)20(26-19(14)18)25-13(2)22(3,4)5/h8-13,27H,1-5H3,(H,24,28)(H,25,26). The van der Waals surface area contributed by atoms with Crippen molar-refractivity contribution in [2.24, 2.45) is 5.41 Å². The van der Waals surface area contributed by atoms with Crippen LogP contribution in [0, 0.1) is 17.3 Å². The van der Waals surface area contributed by atoms with E-state index in [1.54, 1.807) is 13.1 Å². The molecule has 0 aliphatic rings. The van der Waals surface area contributed by atoms with E-state index < -0.39 is 6.10 Å². The molecule has 0 radical (unpaired) electrons. The summed E-state index contributed by atoms with van der Waals surface area (Å²) in [5.41, 5.74) is 0.903. The summed E-state index contributed by atoms with van der Waals surface area (Å²) in [6.07, 6.45) is 0.781. The van der Waals surface area contributed by atoms with Crippen LogP contribution in [0.5, 0.6) is 0 Å². The highest BCUT2D eigenvalue weighted by Crippen LogP contribution is 2.32. The number of benzene rings is 1. The van der Waals surface area contributed by atoms with Gasteiger partial charge in [-0.1, -0.05) is 48.5 Å². The lowest BCUT2D eigenvalue weighted by Crippen LogP contribution is -2.31. The van der Waals surface area contributed by atoms with Crippen LogP contribution in [0.15, 0.2) is 33.7 Å². The van der Waals surface area contributed by atoms with Gasteiger partial charge in [-0.3, -0.25) is 4.79 Å². The molecule has 3 aromatic rings. The maximum absolute atomic E-state index is 12.7. The van der Waals surface area contributed by atoms with E-state index in [1.807, 2.05) is 18.2 Å². The molecule has 0 aliphatic heterocycles. The van der Waals surface area contributed by atoms with Gasteiger partial charge in [0.05, 0.1) is 16.5 Å². The van der Waals surface area contributed by atoms with Crippen LogP contribution in [0.25, 0.3) is 21.7 Å². The minimum atomic E-state index is -0.768. The fourth-order valence-electron chi connectivity index (χ4n) is 2.80. The van der Waals surface area contributed by atoms with Crippen molar-refractivity contribution < 1.29 is 5.11 Å². The third kappa shape index (κ3) is 4.06. The zero-order chi connectivity index (χ0) is 20.6. The number of halogens is 1. The Kier molecular flexibility index (Phi) is 5.51. The smallest absolute Gasteiger partial charge is 0.258 e. The zero-order valence-corrected chi connectivity index (χ0v) is 18.2. The van der Waals surface area contributed by atoms with Crippen LogP contribution in [0.4, 0.5) is 5.82 Å². The molecule has 2 aromatic heterocycles. The number of rotatable bonds is 2. The van der Waals surface area contributed by atoms with Crippen molar-refractivity contribution in [2.75, 3.05) is 5.32 Å². The Morgan fingerprint density at radius 3 is 2.61 bits per heavy atom. The number of pyridine rings is 2. The molecular formula is C22H24BrN3O2. The molecule has 0 saturated carbocycles. The van der Waals surface area contributed by atoms with Gasteiger partial charge in [-0.15, -0.1) is 0 Å². The first kappa shape index (κ1) is 20.4. The normalized spacial score (nSPS) is 13.8. The quantitative estimate of drug-likeness (QED) is 0.406. The summed E-state index contributed by atoms with van der Waals surface area (Å²) in [7, 11) is 0. The van der Waals surface area contributed by atoms with Crippen LogP contribution in [0.2, 0.25) is 0 Å². The van der Waals surface area contributed by atoms with Gasteiger partial charge in [0.15, 0.2) is 0 Å². The maximum Gasteiger partial charge on any atom is 0.258 e. The summed E-state index contributed by atoms with van der Waals surface area (Å²) >= 11 is 3.50. The molecule has 1 aromatic carbocycles. The second kappa shape index (κ2) is 7.57. The average molecular weight is 442 g/mol. The van der Waals surface area contributed by atoms with E-state index in [4.69, 9.17) is 4.98 Å². The van der Waals surface area contributed by atoms with Crippen molar-refractivity contribution in [2.45, 2.75) is 46.8 Å². The molecule has 0 bridgehead atoms. The first-order valence-electron chi connectivity index (χ1n) is 9.18. The highest BCUT2D eigenvalue weighted by Gasteiger charge is 2.22. The van der Waals surface area contributed by atoms with Gasteiger partial charge in [-0.2, -0.15) is 0 Å². The van der Waals surface area contributed by atoms with Crippen molar-refractivity contribution in [3.05, 3.63) is 44.8 Å². The molecule has 2 unspecified atom stereocenters. The first-order chi connectivity index (χ1) is 13.1. The van der Waals surface area contributed by atoms with E-state index in [9.17, 15) is 9.90 Å². The molecule has 2 atom stereocenters. The lowest BCUT2D eigenvalue weighted by molar-refractivity contribution is 0.253. The topological polar surface area (TPSA) is 78.0 Å². The SMILES string of the molecule is CC(O)C#Cc1c[nH]c(=O)c2c1nc(NC(C)C(C)(C)C)c1ccc(Br)cc12. The van der Waals surface area contributed by atoms with E-state index in [1.165, 1.54) is 0 Å². The zero-order valence-electron chi connectivity index (χ0n) is 16.6. The summed E-state index contributed by atoms with van der Waals surface area (Å²) in [4.78, 5) is 20.2. The average Bonchev–Trinajstić information content (AvgIpc) is 2.59. The number of anilines is 1. The van der Waals surface area contributed by atoms with Crippen LogP contribution >= 0.6 is 15.9 Å². The van der Waals surface area contributed by atoms with Gasteiger partial charge in [0.2, 0.25) is 0 Å². The fourth-order valence-corrected chi connectivity index (χ4v) is 3.16. The van der Waals surface area contributed by atoms with Gasteiger partial charge in [-0.25, -0.2) is 4.98 Å². The van der Waals surface area contributed by atoms with Crippen LogP contribution in [-0.2, 0) is 0 Å². The molecular weight excluding hydrogens is 418 g/mol. The van der Waals surface area contributed by atoms with Crippen molar-refractivity contribution in [3.8, 4) is 11.8 Å². The Morgan fingerprint density at radius 1 is 1.25 bits per heavy atom. The second-order valence-corrected chi connectivity index (χ2v) is 9.00. The summed E-state index contributed by atoms with van der Waals surface area (Å²) in [6, 6.07) is 5.97. The lowest BCUT2D eigenvalue weighted by Gasteiger charge is -2.29. The van der Waals surface area contributed by atoms with E-state index in [2.05, 4.69) is 65.8 Å². The molecule has 6 heteroatoms. The number of nitrogens with zero attached hydrogens (tertiary/aromatic N) is 1. The molecule has 2 heterocycles. The molecule has 146 valence electrons. The van der Waals surface area contributed by atoms with Crippen molar-refractivity contribution in [1.29, 1.82) is 0 Å². The number of aromatic amines is 1. The Hall–Kier alpha value is -2.36. The third-order valence-electron chi connectivity index (χ3n) is 4.86. The monoisotopic (exact) mass is 441 g/mol. The minimum absolute atomic E-state index is 0.0292. The van der Waals surface area contributed by atoms with Gasteiger partial charge in [0, 0.05) is 27.5 Å². The number of H-pyrrole nitrogens is 1. The highest BCUT2D eigenvalue weighted by molar-refractivity contribution is 9.10. The highest BCUT2D eigenvalue weighted by atomic mass is 79.9. The molecule has 0 spiro atoms. The van der Waals surface area contributed by atoms with Gasteiger partial charge in [0.25, 0.3) is 5.56 Å². The van der Waals surface area contributed by atoms with E-state index in [0.29, 0.717) is 22.3 Å². The number of fused-ring (bicyclic) bond motifs is 3. The maximum atomic E-state index is 12.7. The largest absolute Gasteiger partial charge is 0.381 e. The third-order valence-corrected chi connectivity index (χ3v) is 5.36. The Morgan fingerprint density at radius 2 is 1.96 bits per heavy atom. The number of hydrogen-bond donors (Lipinski definition) is 3. The first-order valence-corrected chi connectivity index (χ1v) is 9.98. The number of aromatic nitrogens is 2. The van der Waals surface area contributed by atoms with Gasteiger partial charge in [-0.05, 0) is 37.5 Å². The van der Waals surface area contributed by atoms with E-state index in [-0.39, 0.29) is 17.0 Å². The molecule has 5 nitrogen and oxygen atoms in total. The molecule has 3 N–H and O–H groups in total.